The van der Waals surface area contributed by atoms with Gasteiger partial charge in [0.15, 0.2) is 0 Å². The number of hydrogen-bond acceptors (Lipinski definition) is 5. The van der Waals surface area contributed by atoms with E-state index in [-0.39, 0.29) is 11.9 Å². The van der Waals surface area contributed by atoms with Crippen molar-refractivity contribution in [2.24, 2.45) is 0 Å². The quantitative estimate of drug-likeness (QED) is 0.868. The molecule has 1 aliphatic heterocycles. The van der Waals surface area contributed by atoms with E-state index in [9.17, 15) is 4.79 Å². The molecule has 1 aromatic rings. The number of hydrogen-bond donors (Lipinski definition) is 1. The van der Waals surface area contributed by atoms with Crippen LogP contribution in [-0.4, -0.2) is 59.5 Å². The SMILES string of the molecule is CNC(=O)[C@H]1CN(C(C)C)CCN1c1cc(C)ncn1. The Morgan fingerprint density at radius 3 is 2.75 bits per heavy atom. The number of likely N-dealkylation sites (N-methyl/N-ethyl adjacent to an activating group) is 1. The van der Waals surface area contributed by atoms with Crippen LogP contribution < -0.4 is 10.2 Å². The van der Waals surface area contributed by atoms with Crippen LogP contribution in [0, 0.1) is 6.92 Å². The van der Waals surface area contributed by atoms with Gasteiger partial charge in [0, 0.05) is 44.5 Å². The van der Waals surface area contributed by atoms with Gasteiger partial charge in [-0.25, -0.2) is 9.97 Å². The third-order valence-corrected chi connectivity index (χ3v) is 3.77. The molecule has 1 aromatic heterocycles. The van der Waals surface area contributed by atoms with Gasteiger partial charge in [0.2, 0.25) is 5.91 Å². The number of amides is 1. The number of aryl methyl sites for hydroxylation is 1. The van der Waals surface area contributed by atoms with Crippen LogP contribution in [0.5, 0.6) is 0 Å². The average molecular weight is 277 g/mol. The lowest BCUT2D eigenvalue weighted by Crippen LogP contribution is -2.60. The lowest BCUT2D eigenvalue weighted by molar-refractivity contribution is -0.123. The molecule has 0 spiro atoms. The molecule has 6 heteroatoms. The number of rotatable bonds is 3. The van der Waals surface area contributed by atoms with Crippen LogP contribution in [0.3, 0.4) is 0 Å². The highest BCUT2D eigenvalue weighted by Gasteiger charge is 2.33. The lowest BCUT2D eigenvalue weighted by atomic mass is 10.1. The Hall–Kier alpha value is -1.69. The van der Waals surface area contributed by atoms with E-state index < -0.39 is 0 Å². The fourth-order valence-corrected chi connectivity index (χ4v) is 2.54. The Labute approximate surface area is 120 Å². The Morgan fingerprint density at radius 1 is 1.40 bits per heavy atom. The Kier molecular flexibility index (Phi) is 4.54. The third kappa shape index (κ3) is 3.07. The smallest absolute Gasteiger partial charge is 0.243 e. The first kappa shape index (κ1) is 14.7. The topological polar surface area (TPSA) is 61.4 Å². The molecular weight excluding hydrogens is 254 g/mol. The number of piperazine rings is 1. The first-order valence-electron chi connectivity index (χ1n) is 7.04. The molecule has 1 fully saturated rings. The molecule has 2 rings (SSSR count). The van der Waals surface area contributed by atoms with Gasteiger partial charge in [0.1, 0.15) is 18.2 Å². The zero-order valence-corrected chi connectivity index (χ0v) is 12.6. The van der Waals surface area contributed by atoms with Crippen molar-refractivity contribution < 1.29 is 4.79 Å². The van der Waals surface area contributed by atoms with Crippen molar-refractivity contribution in [3.8, 4) is 0 Å². The molecule has 0 aromatic carbocycles. The van der Waals surface area contributed by atoms with Gasteiger partial charge in [-0.3, -0.25) is 9.69 Å². The zero-order valence-electron chi connectivity index (χ0n) is 12.6. The van der Waals surface area contributed by atoms with Gasteiger partial charge >= 0.3 is 0 Å². The fourth-order valence-electron chi connectivity index (χ4n) is 2.54. The molecule has 0 bridgehead atoms. The predicted octanol–water partition coefficient (Wildman–Crippen LogP) is 0.430. The van der Waals surface area contributed by atoms with E-state index in [2.05, 4.69) is 38.9 Å². The van der Waals surface area contributed by atoms with Crippen molar-refractivity contribution in [3.05, 3.63) is 18.1 Å². The molecule has 6 nitrogen and oxygen atoms in total. The summed E-state index contributed by atoms with van der Waals surface area (Å²) >= 11 is 0. The Morgan fingerprint density at radius 2 is 2.15 bits per heavy atom. The maximum Gasteiger partial charge on any atom is 0.243 e. The molecule has 1 amide bonds. The van der Waals surface area contributed by atoms with E-state index in [0.29, 0.717) is 6.04 Å². The van der Waals surface area contributed by atoms with Gasteiger partial charge in [-0.2, -0.15) is 0 Å². The molecule has 0 saturated carbocycles. The minimum Gasteiger partial charge on any atom is -0.357 e. The van der Waals surface area contributed by atoms with Crippen LogP contribution in [0.15, 0.2) is 12.4 Å². The van der Waals surface area contributed by atoms with Gasteiger partial charge in [0.25, 0.3) is 0 Å². The van der Waals surface area contributed by atoms with Gasteiger partial charge in [-0.15, -0.1) is 0 Å². The van der Waals surface area contributed by atoms with Crippen molar-refractivity contribution in [2.75, 3.05) is 31.6 Å². The summed E-state index contributed by atoms with van der Waals surface area (Å²) in [7, 11) is 1.68. The van der Waals surface area contributed by atoms with Crippen LogP contribution in [0.25, 0.3) is 0 Å². The van der Waals surface area contributed by atoms with Crippen molar-refractivity contribution >= 4 is 11.7 Å². The molecule has 20 heavy (non-hydrogen) atoms. The number of carbonyl (C=O) groups excluding carboxylic acids is 1. The zero-order chi connectivity index (χ0) is 14.7. The van der Waals surface area contributed by atoms with E-state index in [0.717, 1.165) is 31.1 Å². The second-order valence-electron chi connectivity index (χ2n) is 5.43. The molecule has 0 unspecified atom stereocenters. The number of anilines is 1. The van der Waals surface area contributed by atoms with Crippen molar-refractivity contribution in [2.45, 2.75) is 32.9 Å². The molecular formula is C14H23N5O. The molecule has 0 radical (unpaired) electrons. The second-order valence-corrected chi connectivity index (χ2v) is 5.43. The summed E-state index contributed by atoms with van der Waals surface area (Å²) in [6.45, 7) is 8.71. The van der Waals surface area contributed by atoms with Gasteiger partial charge in [0.05, 0.1) is 0 Å². The summed E-state index contributed by atoms with van der Waals surface area (Å²) in [5, 5.41) is 2.76. The maximum atomic E-state index is 12.2. The monoisotopic (exact) mass is 277 g/mol. The molecule has 0 aliphatic carbocycles. The van der Waals surface area contributed by atoms with Crippen LogP contribution in [0.4, 0.5) is 5.82 Å². The fraction of sp³-hybridized carbons (Fsp3) is 0.643. The first-order valence-corrected chi connectivity index (χ1v) is 7.04. The number of carbonyl (C=O) groups is 1. The molecule has 1 saturated heterocycles. The summed E-state index contributed by atoms with van der Waals surface area (Å²) in [6.07, 6.45) is 1.56. The van der Waals surface area contributed by atoms with E-state index in [4.69, 9.17) is 0 Å². The van der Waals surface area contributed by atoms with Crippen molar-refractivity contribution in [1.82, 2.24) is 20.2 Å². The molecule has 2 heterocycles. The summed E-state index contributed by atoms with van der Waals surface area (Å²) in [4.78, 5) is 25.0. The number of aromatic nitrogens is 2. The van der Waals surface area contributed by atoms with E-state index in [1.54, 1.807) is 13.4 Å². The minimum absolute atomic E-state index is 0.0339. The highest BCUT2D eigenvalue weighted by Crippen LogP contribution is 2.20. The van der Waals surface area contributed by atoms with Crippen LogP contribution in [-0.2, 0) is 4.79 Å². The van der Waals surface area contributed by atoms with Gasteiger partial charge in [-0.05, 0) is 20.8 Å². The first-order chi connectivity index (χ1) is 9.52. The number of nitrogens with one attached hydrogen (secondary N) is 1. The summed E-state index contributed by atoms with van der Waals surface area (Å²) < 4.78 is 0. The van der Waals surface area contributed by atoms with E-state index in [1.165, 1.54) is 0 Å². The standard InChI is InChI=1S/C14H23N5O/c1-10(2)18-5-6-19(12(8-18)14(20)15-4)13-7-11(3)16-9-17-13/h7,9-10,12H,5-6,8H2,1-4H3,(H,15,20)/t12-/m1/s1. The molecule has 1 N–H and O–H groups in total. The predicted molar refractivity (Wildman–Crippen MR) is 78.7 cm³/mol. The molecule has 1 aliphatic rings. The summed E-state index contributed by atoms with van der Waals surface area (Å²) in [5.74, 6) is 0.862. The Bertz CT molecular complexity index is 476. The van der Waals surface area contributed by atoms with Crippen molar-refractivity contribution in [3.63, 3.8) is 0 Å². The summed E-state index contributed by atoms with van der Waals surface area (Å²) in [6, 6.07) is 2.17. The maximum absolute atomic E-state index is 12.2. The van der Waals surface area contributed by atoms with E-state index >= 15 is 0 Å². The Balaban J connectivity index is 2.24. The third-order valence-electron chi connectivity index (χ3n) is 3.77. The van der Waals surface area contributed by atoms with Gasteiger partial charge < -0.3 is 10.2 Å². The number of nitrogens with zero attached hydrogens (tertiary/aromatic N) is 4. The molecule has 110 valence electrons. The highest BCUT2D eigenvalue weighted by molar-refractivity contribution is 5.85. The van der Waals surface area contributed by atoms with Crippen LogP contribution in [0.1, 0.15) is 19.5 Å². The second kappa shape index (κ2) is 6.17. The van der Waals surface area contributed by atoms with Gasteiger partial charge in [-0.1, -0.05) is 0 Å². The largest absolute Gasteiger partial charge is 0.357 e. The van der Waals surface area contributed by atoms with Crippen LogP contribution in [0.2, 0.25) is 0 Å². The normalized spacial score (nSPS) is 20.2. The van der Waals surface area contributed by atoms with Crippen LogP contribution >= 0.6 is 0 Å². The lowest BCUT2D eigenvalue weighted by Gasteiger charge is -2.42. The summed E-state index contributed by atoms with van der Waals surface area (Å²) in [5.41, 5.74) is 0.914. The van der Waals surface area contributed by atoms with Crippen molar-refractivity contribution in [1.29, 1.82) is 0 Å². The minimum atomic E-state index is -0.203. The average Bonchev–Trinajstić information content (AvgIpc) is 2.45. The van der Waals surface area contributed by atoms with E-state index in [1.807, 2.05) is 13.0 Å². The highest BCUT2D eigenvalue weighted by atomic mass is 16.2. The molecule has 1 atom stereocenters.